The molecule has 0 saturated carbocycles. The Bertz CT molecular complexity index is 624. The normalized spacial score (nSPS) is 9.95. The zero-order chi connectivity index (χ0) is 13.8. The molecule has 0 aliphatic carbocycles. The lowest BCUT2D eigenvalue weighted by Gasteiger charge is -2.09. The summed E-state index contributed by atoms with van der Waals surface area (Å²) in [6, 6.07) is 11.4. The predicted molar refractivity (Wildman–Crippen MR) is 85.2 cm³/mol. The lowest BCUT2D eigenvalue weighted by Crippen LogP contribution is -1.99. The van der Waals surface area contributed by atoms with Crippen molar-refractivity contribution in [1.82, 2.24) is 0 Å². The van der Waals surface area contributed by atoms with Gasteiger partial charge in [-0.15, -0.1) is 6.42 Å². The predicted octanol–water partition coefficient (Wildman–Crippen LogP) is 4.51. The molecule has 0 aromatic heterocycles. The SMILES string of the molecule is C#Cc1cccc(NCc2cc(Br)c(O)c(Br)c2)c1. The molecule has 0 spiro atoms. The highest BCUT2D eigenvalue weighted by atomic mass is 79.9. The van der Waals surface area contributed by atoms with E-state index in [-0.39, 0.29) is 5.75 Å². The lowest BCUT2D eigenvalue weighted by atomic mass is 10.2. The first kappa shape index (κ1) is 14.0. The fraction of sp³-hybridized carbons (Fsp3) is 0.0667. The molecule has 0 aliphatic rings. The van der Waals surface area contributed by atoms with Gasteiger partial charge >= 0.3 is 0 Å². The molecule has 2 N–H and O–H groups in total. The summed E-state index contributed by atoms with van der Waals surface area (Å²) < 4.78 is 1.33. The Morgan fingerprint density at radius 2 is 1.84 bits per heavy atom. The van der Waals surface area contributed by atoms with Crippen LogP contribution in [0.25, 0.3) is 0 Å². The fourth-order valence-corrected chi connectivity index (χ4v) is 2.92. The molecule has 0 bridgehead atoms. The minimum absolute atomic E-state index is 0.207. The van der Waals surface area contributed by atoms with Crippen molar-refractivity contribution < 1.29 is 5.11 Å². The van der Waals surface area contributed by atoms with Gasteiger partial charge in [0, 0.05) is 17.8 Å². The maximum absolute atomic E-state index is 9.65. The van der Waals surface area contributed by atoms with Crippen molar-refractivity contribution in [2.24, 2.45) is 0 Å². The summed E-state index contributed by atoms with van der Waals surface area (Å²) in [5.41, 5.74) is 2.86. The third-order valence-electron chi connectivity index (χ3n) is 2.60. The van der Waals surface area contributed by atoms with Gasteiger partial charge in [-0.05, 0) is 67.8 Å². The zero-order valence-electron chi connectivity index (χ0n) is 9.95. The number of hydrogen-bond donors (Lipinski definition) is 2. The van der Waals surface area contributed by atoms with Crippen molar-refractivity contribution in [1.29, 1.82) is 0 Å². The standard InChI is InChI=1S/C15H11Br2NO/c1-2-10-4-3-5-12(6-10)18-9-11-7-13(16)15(19)14(17)8-11/h1,3-8,18-19H,9H2. The summed E-state index contributed by atoms with van der Waals surface area (Å²) >= 11 is 6.62. The second kappa shape index (κ2) is 6.14. The monoisotopic (exact) mass is 379 g/mol. The highest BCUT2D eigenvalue weighted by molar-refractivity contribution is 9.11. The molecule has 2 aromatic carbocycles. The first-order valence-electron chi connectivity index (χ1n) is 5.57. The zero-order valence-corrected chi connectivity index (χ0v) is 13.1. The maximum Gasteiger partial charge on any atom is 0.143 e. The third-order valence-corrected chi connectivity index (χ3v) is 3.81. The largest absolute Gasteiger partial charge is 0.506 e. The van der Waals surface area contributed by atoms with Gasteiger partial charge in [-0.25, -0.2) is 0 Å². The third kappa shape index (κ3) is 3.52. The first-order chi connectivity index (χ1) is 9.10. The Morgan fingerprint density at radius 3 is 2.47 bits per heavy atom. The molecule has 0 atom stereocenters. The van der Waals surface area contributed by atoms with E-state index in [2.05, 4.69) is 43.1 Å². The lowest BCUT2D eigenvalue weighted by molar-refractivity contribution is 0.468. The van der Waals surface area contributed by atoms with Crippen molar-refractivity contribution in [2.45, 2.75) is 6.54 Å². The summed E-state index contributed by atoms with van der Waals surface area (Å²) in [5, 5.41) is 12.9. The van der Waals surface area contributed by atoms with Crippen LogP contribution in [0.2, 0.25) is 0 Å². The number of rotatable bonds is 3. The second-order valence-electron chi connectivity index (χ2n) is 3.99. The Morgan fingerprint density at radius 1 is 1.16 bits per heavy atom. The molecule has 4 heteroatoms. The van der Waals surface area contributed by atoms with Crippen LogP contribution in [-0.4, -0.2) is 5.11 Å². The van der Waals surface area contributed by atoms with Crippen LogP contribution in [0.5, 0.6) is 5.75 Å². The van der Waals surface area contributed by atoms with Gasteiger partial charge in [0.25, 0.3) is 0 Å². The summed E-state index contributed by atoms with van der Waals surface area (Å²) in [6.45, 7) is 0.644. The molecule has 2 rings (SSSR count). The van der Waals surface area contributed by atoms with E-state index < -0.39 is 0 Å². The molecule has 0 unspecified atom stereocenters. The van der Waals surface area contributed by atoms with Gasteiger partial charge in [0.15, 0.2) is 0 Å². The molecule has 0 saturated heterocycles. The summed E-state index contributed by atoms with van der Waals surface area (Å²) in [7, 11) is 0. The van der Waals surface area contributed by atoms with Gasteiger partial charge < -0.3 is 10.4 Å². The van der Waals surface area contributed by atoms with E-state index in [1.165, 1.54) is 0 Å². The van der Waals surface area contributed by atoms with E-state index in [9.17, 15) is 5.11 Å². The number of phenols is 1. The number of aromatic hydroxyl groups is 1. The van der Waals surface area contributed by atoms with E-state index >= 15 is 0 Å². The topological polar surface area (TPSA) is 32.3 Å². The highest BCUT2D eigenvalue weighted by Crippen LogP contribution is 2.33. The van der Waals surface area contributed by atoms with Crippen LogP contribution < -0.4 is 5.32 Å². The number of anilines is 1. The van der Waals surface area contributed by atoms with E-state index in [1.807, 2.05) is 36.4 Å². The van der Waals surface area contributed by atoms with E-state index in [0.717, 1.165) is 16.8 Å². The van der Waals surface area contributed by atoms with Gasteiger partial charge in [-0.1, -0.05) is 12.0 Å². The molecule has 0 heterocycles. The molecule has 2 nitrogen and oxygen atoms in total. The van der Waals surface area contributed by atoms with Gasteiger partial charge in [-0.2, -0.15) is 0 Å². The Hall–Kier alpha value is -1.44. The molecule has 96 valence electrons. The second-order valence-corrected chi connectivity index (χ2v) is 5.70. The minimum atomic E-state index is 0.207. The molecule has 2 aromatic rings. The Balaban J connectivity index is 2.12. The molecule has 19 heavy (non-hydrogen) atoms. The Kier molecular flexibility index (Phi) is 4.52. The minimum Gasteiger partial charge on any atom is -0.506 e. The number of terminal acetylenes is 1. The van der Waals surface area contributed by atoms with Crippen LogP contribution in [0, 0.1) is 12.3 Å². The average Bonchev–Trinajstić information content (AvgIpc) is 2.42. The molecule has 0 aliphatic heterocycles. The van der Waals surface area contributed by atoms with Crippen molar-refractivity contribution in [2.75, 3.05) is 5.32 Å². The quantitative estimate of drug-likeness (QED) is 0.767. The van der Waals surface area contributed by atoms with E-state index in [0.29, 0.717) is 15.5 Å². The van der Waals surface area contributed by atoms with Crippen LogP contribution in [0.1, 0.15) is 11.1 Å². The number of phenolic OH excluding ortho intramolecular Hbond substituents is 1. The van der Waals surface area contributed by atoms with Crippen LogP contribution >= 0.6 is 31.9 Å². The summed E-state index contributed by atoms with van der Waals surface area (Å²) in [5.74, 6) is 2.81. The average molecular weight is 381 g/mol. The van der Waals surface area contributed by atoms with Crippen LogP contribution in [0.4, 0.5) is 5.69 Å². The summed E-state index contributed by atoms with van der Waals surface area (Å²) in [4.78, 5) is 0. The number of hydrogen-bond acceptors (Lipinski definition) is 2. The smallest absolute Gasteiger partial charge is 0.143 e. The number of halogens is 2. The first-order valence-corrected chi connectivity index (χ1v) is 7.16. The Labute approximate surface area is 129 Å². The van der Waals surface area contributed by atoms with Gasteiger partial charge in [0.1, 0.15) is 5.75 Å². The van der Waals surface area contributed by atoms with E-state index in [1.54, 1.807) is 0 Å². The van der Waals surface area contributed by atoms with Crippen molar-refractivity contribution in [3.8, 4) is 18.1 Å². The number of benzene rings is 2. The van der Waals surface area contributed by atoms with Crippen LogP contribution in [0.3, 0.4) is 0 Å². The van der Waals surface area contributed by atoms with Crippen molar-refractivity contribution in [3.05, 3.63) is 56.5 Å². The summed E-state index contributed by atoms with van der Waals surface area (Å²) in [6.07, 6.45) is 5.36. The fourth-order valence-electron chi connectivity index (χ4n) is 1.64. The maximum atomic E-state index is 9.65. The molecule has 0 amide bonds. The van der Waals surface area contributed by atoms with Gasteiger partial charge in [0.05, 0.1) is 8.95 Å². The van der Waals surface area contributed by atoms with E-state index in [4.69, 9.17) is 6.42 Å². The van der Waals surface area contributed by atoms with Crippen LogP contribution in [0.15, 0.2) is 45.3 Å². The van der Waals surface area contributed by atoms with Crippen molar-refractivity contribution in [3.63, 3.8) is 0 Å². The number of nitrogens with one attached hydrogen (secondary N) is 1. The van der Waals surface area contributed by atoms with Crippen LogP contribution in [-0.2, 0) is 6.54 Å². The molecular weight excluding hydrogens is 370 g/mol. The van der Waals surface area contributed by atoms with Gasteiger partial charge in [0.2, 0.25) is 0 Å². The molecule has 0 radical (unpaired) electrons. The molecular formula is C15H11Br2NO. The van der Waals surface area contributed by atoms with Gasteiger partial charge in [-0.3, -0.25) is 0 Å². The van der Waals surface area contributed by atoms with Crippen molar-refractivity contribution >= 4 is 37.5 Å². The highest BCUT2D eigenvalue weighted by Gasteiger charge is 2.05. The molecule has 0 fully saturated rings.